The fourth-order valence-electron chi connectivity index (χ4n) is 1.22. The molecule has 94 valence electrons. The van der Waals surface area contributed by atoms with Crippen LogP contribution in [0.5, 0.6) is 0 Å². The predicted octanol–water partition coefficient (Wildman–Crippen LogP) is 2.22. The van der Waals surface area contributed by atoms with E-state index in [-0.39, 0.29) is 19.0 Å². The smallest absolute Gasteiger partial charge is 0.137 e. The van der Waals surface area contributed by atoms with Crippen molar-refractivity contribution in [3.63, 3.8) is 0 Å². The zero-order valence-corrected chi connectivity index (χ0v) is 10.9. The first kappa shape index (κ1) is 14.1. The van der Waals surface area contributed by atoms with Crippen molar-refractivity contribution in [1.82, 2.24) is 0 Å². The van der Waals surface area contributed by atoms with Crippen LogP contribution in [0.25, 0.3) is 0 Å². The molecule has 0 saturated heterocycles. The standard InChI is InChI=1S/C11H15BrFN3O/c12-9-6-11(8(7-14)5-10(9)13)16-15-3-1-2-4-17/h3,5-6,16-17H,1-2,4,7,14H2. The molecule has 0 unspecified atom stereocenters. The molecule has 0 aromatic heterocycles. The Labute approximate surface area is 108 Å². The van der Waals surface area contributed by atoms with Crippen molar-refractivity contribution < 1.29 is 9.50 Å². The first-order valence-corrected chi connectivity index (χ1v) is 6.04. The molecular formula is C11H15BrFN3O. The number of halogens is 2. The van der Waals surface area contributed by atoms with E-state index >= 15 is 0 Å². The van der Waals surface area contributed by atoms with Crippen LogP contribution in [0.3, 0.4) is 0 Å². The highest BCUT2D eigenvalue weighted by Gasteiger charge is 2.06. The van der Waals surface area contributed by atoms with E-state index in [0.29, 0.717) is 28.6 Å². The summed E-state index contributed by atoms with van der Waals surface area (Å²) in [5, 5.41) is 12.6. The first-order valence-electron chi connectivity index (χ1n) is 5.25. The van der Waals surface area contributed by atoms with Gasteiger partial charge < -0.3 is 10.8 Å². The van der Waals surface area contributed by atoms with Crippen LogP contribution in [0, 0.1) is 5.82 Å². The number of benzene rings is 1. The molecule has 0 heterocycles. The molecule has 0 bridgehead atoms. The maximum Gasteiger partial charge on any atom is 0.137 e. The van der Waals surface area contributed by atoms with Gasteiger partial charge in [-0.2, -0.15) is 5.10 Å². The number of anilines is 1. The molecule has 1 aromatic carbocycles. The van der Waals surface area contributed by atoms with Crippen LogP contribution in [-0.2, 0) is 6.54 Å². The molecule has 1 aromatic rings. The van der Waals surface area contributed by atoms with Gasteiger partial charge in [0.05, 0.1) is 10.2 Å². The van der Waals surface area contributed by atoms with Crippen molar-refractivity contribution in [3.05, 3.63) is 28.0 Å². The van der Waals surface area contributed by atoms with Gasteiger partial charge in [-0.25, -0.2) is 4.39 Å². The summed E-state index contributed by atoms with van der Waals surface area (Å²) in [5.74, 6) is -0.347. The predicted molar refractivity (Wildman–Crippen MR) is 70.4 cm³/mol. The quantitative estimate of drug-likeness (QED) is 0.429. The third-order valence-corrected chi connectivity index (χ3v) is 2.74. The molecule has 17 heavy (non-hydrogen) atoms. The minimum absolute atomic E-state index is 0.141. The molecule has 0 aliphatic heterocycles. The summed E-state index contributed by atoms with van der Waals surface area (Å²) in [6.07, 6.45) is 3.01. The molecule has 0 aliphatic carbocycles. The van der Waals surface area contributed by atoms with E-state index in [0.717, 1.165) is 0 Å². The molecule has 4 N–H and O–H groups in total. The second kappa shape index (κ2) is 7.37. The van der Waals surface area contributed by atoms with Gasteiger partial charge >= 0.3 is 0 Å². The number of unbranched alkanes of at least 4 members (excludes halogenated alkanes) is 1. The lowest BCUT2D eigenvalue weighted by Crippen LogP contribution is -2.03. The van der Waals surface area contributed by atoms with Gasteiger partial charge in [-0.1, -0.05) is 0 Å². The van der Waals surface area contributed by atoms with Gasteiger partial charge in [-0.3, -0.25) is 5.43 Å². The molecule has 0 radical (unpaired) electrons. The summed E-state index contributed by atoms with van der Waals surface area (Å²) in [6, 6.07) is 2.97. The minimum Gasteiger partial charge on any atom is -0.396 e. The summed E-state index contributed by atoms with van der Waals surface area (Å²) in [6.45, 7) is 0.376. The number of aliphatic hydroxyl groups is 1. The van der Waals surface area contributed by atoms with Gasteiger partial charge in [0.15, 0.2) is 0 Å². The van der Waals surface area contributed by atoms with E-state index in [4.69, 9.17) is 10.8 Å². The molecule has 6 heteroatoms. The number of hydrogen-bond acceptors (Lipinski definition) is 4. The minimum atomic E-state index is -0.347. The van der Waals surface area contributed by atoms with Crippen molar-refractivity contribution in [1.29, 1.82) is 0 Å². The Hall–Kier alpha value is -0.980. The van der Waals surface area contributed by atoms with Crippen LogP contribution in [0.1, 0.15) is 18.4 Å². The van der Waals surface area contributed by atoms with Crippen molar-refractivity contribution >= 4 is 27.8 Å². The third-order valence-electron chi connectivity index (χ3n) is 2.13. The maximum absolute atomic E-state index is 13.2. The summed E-state index contributed by atoms with van der Waals surface area (Å²) in [7, 11) is 0. The number of hydrogen-bond donors (Lipinski definition) is 3. The van der Waals surface area contributed by atoms with Gasteiger partial charge in [-0.15, -0.1) is 0 Å². The van der Waals surface area contributed by atoms with Crippen molar-refractivity contribution in [3.8, 4) is 0 Å². The van der Waals surface area contributed by atoms with Crippen LogP contribution >= 0.6 is 15.9 Å². The Balaban J connectivity index is 2.69. The maximum atomic E-state index is 13.2. The highest BCUT2D eigenvalue weighted by Crippen LogP contribution is 2.24. The van der Waals surface area contributed by atoms with Gasteiger partial charge in [0.1, 0.15) is 5.82 Å². The fraction of sp³-hybridized carbons (Fsp3) is 0.364. The monoisotopic (exact) mass is 303 g/mol. The first-order chi connectivity index (χ1) is 8.19. The van der Waals surface area contributed by atoms with E-state index in [1.807, 2.05) is 0 Å². The van der Waals surface area contributed by atoms with Crippen LogP contribution in [-0.4, -0.2) is 17.9 Å². The average Bonchev–Trinajstić information content (AvgIpc) is 2.33. The molecule has 4 nitrogen and oxygen atoms in total. The topological polar surface area (TPSA) is 70.6 Å². The normalized spacial score (nSPS) is 11.1. The molecule has 0 fully saturated rings. The van der Waals surface area contributed by atoms with E-state index < -0.39 is 0 Å². The number of hydrazone groups is 1. The van der Waals surface area contributed by atoms with Gasteiger partial charge in [0, 0.05) is 19.4 Å². The molecule has 0 aliphatic rings. The highest BCUT2D eigenvalue weighted by molar-refractivity contribution is 9.10. The van der Waals surface area contributed by atoms with Crippen LogP contribution in [0.15, 0.2) is 21.7 Å². The molecule has 0 saturated carbocycles. The van der Waals surface area contributed by atoms with Gasteiger partial charge in [-0.05, 0) is 46.5 Å². The number of nitrogens with two attached hydrogens (primary N) is 1. The van der Waals surface area contributed by atoms with E-state index in [1.165, 1.54) is 6.07 Å². The average molecular weight is 304 g/mol. The summed E-state index contributed by atoms with van der Waals surface area (Å²) < 4.78 is 13.6. The zero-order valence-electron chi connectivity index (χ0n) is 9.29. The van der Waals surface area contributed by atoms with Crippen molar-refractivity contribution in [2.45, 2.75) is 19.4 Å². The van der Waals surface area contributed by atoms with Crippen LogP contribution in [0.2, 0.25) is 0 Å². The summed E-state index contributed by atoms with van der Waals surface area (Å²) in [5.41, 5.74) is 9.64. The lowest BCUT2D eigenvalue weighted by molar-refractivity contribution is 0.291. The van der Waals surface area contributed by atoms with Gasteiger partial charge in [0.25, 0.3) is 0 Å². The van der Waals surface area contributed by atoms with E-state index in [1.54, 1.807) is 12.3 Å². The summed E-state index contributed by atoms with van der Waals surface area (Å²) in [4.78, 5) is 0. The summed E-state index contributed by atoms with van der Waals surface area (Å²) >= 11 is 3.10. The Bertz CT molecular complexity index is 399. The number of rotatable bonds is 6. The Morgan fingerprint density at radius 2 is 2.29 bits per heavy atom. The fourth-order valence-corrected chi connectivity index (χ4v) is 1.57. The Morgan fingerprint density at radius 3 is 2.94 bits per heavy atom. The van der Waals surface area contributed by atoms with Crippen molar-refractivity contribution in [2.24, 2.45) is 10.8 Å². The second-order valence-corrected chi connectivity index (χ2v) is 4.27. The molecule has 0 spiro atoms. The SMILES string of the molecule is NCc1cc(F)c(Br)cc1NN=CCCCO. The van der Waals surface area contributed by atoms with Crippen LogP contribution in [0.4, 0.5) is 10.1 Å². The largest absolute Gasteiger partial charge is 0.396 e. The number of aliphatic hydroxyl groups excluding tert-OH is 1. The highest BCUT2D eigenvalue weighted by atomic mass is 79.9. The molecule has 1 rings (SSSR count). The number of nitrogens with one attached hydrogen (secondary N) is 1. The number of nitrogens with zero attached hydrogens (tertiary/aromatic N) is 1. The Kier molecular flexibility index (Phi) is 6.10. The second-order valence-electron chi connectivity index (χ2n) is 3.42. The van der Waals surface area contributed by atoms with Gasteiger partial charge in [0.2, 0.25) is 0 Å². The molecule has 0 amide bonds. The van der Waals surface area contributed by atoms with Crippen LogP contribution < -0.4 is 11.2 Å². The molecular weight excluding hydrogens is 289 g/mol. The Morgan fingerprint density at radius 1 is 1.53 bits per heavy atom. The van der Waals surface area contributed by atoms with Crippen molar-refractivity contribution in [2.75, 3.05) is 12.0 Å². The van der Waals surface area contributed by atoms with E-state index in [9.17, 15) is 4.39 Å². The lowest BCUT2D eigenvalue weighted by Gasteiger charge is -2.08. The van der Waals surface area contributed by atoms with E-state index in [2.05, 4.69) is 26.5 Å². The zero-order chi connectivity index (χ0) is 12.7. The molecule has 0 atom stereocenters. The lowest BCUT2D eigenvalue weighted by atomic mass is 10.2. The third kappa shape index (κ3) is 4.41.